The van der Waals surface area contributed by atoms with Gasteiger partial charge in [-0.25, -0.2) is 4.79 Å². The van der Waals surface area contributed by atoms with Crippen LogP contribution in [0.1, 0.15) is 41.0 Å². The Hall–Kier alpha value is -1.50. The van der Waals surface area contributed by atoms with E-state index in [1.165, 1.54) is 13.0 Å². The van der Waals surface area contributed by atoms with E-state index in [-0.39, 0.29) is 0 Å². The highest BCUT2D eigenvalue weighted by molar-refractivity contribution is 5.79. The van der Waals surface area contributed by atoms with Crippen LogP contribution in [0.2, 0.25) is 0 Å². The van der Waals surface area contributed by atoms with Crippen molar-refractivity contribution in [2.75, 3.05) is 45.8 Å². The van der Waals surface area contributed by atoms with Crippen LogP contribution in [0.5, 0.6) is 0 Å². The van der Waals surface area contributed by atoms with Gasteiger partial charge in [-0.15, -0.1) is 0 Å². The van der Waals surface area contributed by atoms with Crippen LogP contribution < -0.4 is 16.0 Å². The minimum atomic E-state index is -0.471. The number of rotatable bonds is 7. The highest BCUT2D eigenvalue weighted by atomic mass is 16.6. The molecule has 7 nitrogen and oxygen atoms in total. The zero-order valence-electron chi connectivity index (χ0n) is 15.9. The summed E-state index contributed by atoms with van der Waals surface area (Å²) in [6.45, 7) is 16.0. The lowest BCUT2D eigenvalue weighted by molar-refractivity contribution is 0.0529. The molecule has 1 aliphatic rings. The predicted molar refractivity (Wildman–Crippen MR) is 98.4 cm³/mol. The number of guanidine groups is 1. The van der Waals surface area contributed by atoms with E-state index in [1.54, 1.807) is 0 Å². The Morgan fingerprint density at radius 1 is 1.21 bits per heavy atom. The molecule has 0 aromatic heterocycles. The summed E-state index contributed by atoms with van der Waals surface area (Å²) >= 11 is 0. The zero-order valence-corrected chi connectivity index (χ0v) is 15.9. The van der Waals surface area contributed by atoms with Crippen molar-refractivity contribution >= 4 is 12.1 Å². The van der Waals surface area contributed by atoms with Crippen molar-refractivity contribution in [3.05, 3.63) is 0 Å². The van der Waals surface area contributed by atoms with Gasteiger partial charge in [-0.05, 0) is 53.1 Å². The van der Waals surface area contributed by atoms with Crippen LogP contribution in [-0.4, -0.2) is 68.4 Å². The molecule has 140 valence electrons. The van der Waals surface area contributed by atoms with Gasteiger partial charge in [0.25, 0.3) is 0 Å². The minimum Gasteiger partial charge on any atom is -0.444 e. The summed E-state index contributed by atoms with van der Waals surface area (Å²) in [5.41, 5.74) is -0.471. The van der Waals surface area contributed by atoms with E-state index in [0.29, 0.717) is 19.0 Å². The van der Waals surface area contributed by atoms with Crippen molar-refractivity contribution in [3.63, 3.8) is 0 Å². The van der Waals surface area contributed by atoms with Crippen LogP contribution in [0.25, 0.3) is 0 Å². The van der Waals surface area contributed by atoms with E-state index in [9.17, 15) is 4.79 Å². The van der Waals surface area contributed by atoms with Crippen molar-refractivity contribution in [2.45, 2.75) is 46.6 Å². The van der Waals surface area contributed by atoms with Gasteiger partial charge >= 0.3 is 6.09 Å². The third-order valence-electron chi connectivity index (χ3n) is 3.75. The van der Waals surface area contributed by atoms with Crippen molar-refractivity contribution in [2.24, 2.45) is 10.9 Å². The number of ether oxygens (including phenoxy) is 1. The average Bonchev–Trinajstić information content (AvgIpc) is 2.95. The molecule has 3 N–H and O–H groups in total. The molecule has 0 aromatic carbocycles. The largest absolute Gasteiger partial charge is 0.444 e. The van der Waals surface area contributed by atoms with Gasteiger partial charge in [-0.1, -0.05) is 6.92 Å². The van der Waals surface area contributed by atoms with Crippen LogP contribution in [0.3, 0.4) is 0 Å². The summed E-state index contributed by atoms with van der Waals surface area (Å²) in [5, 5.41) is 9.22. The van der Waals surface area contributed by atoms with E-state index in [2.05, 4.69) is 32.8 Å². The third-order valence-corrected chi connectivity index (χ3v) is 3.75. The van der Waals surface area contributed by atoms with Crippen LogP contribution in [0.4, 0.5) is 4.79 Å². The van der Waals surface area contributed by atoms with Gasteiger partial charge < -0.3 is 25.6 Å². The average molecular weight is 342 g/mol. The molecule has 1 atom stereocenters. The Bertz CT molecular complexity index is 406. The number of nitrogens with zero attached hydrogens (tertiary/aromatic N) is 2. The fourth-order valence-corrected chi connectivity index (χ4v) is 2.57. The predicted octanol–water partition coefficient (Wildman–Crippen LogP) is 1.41. The number of aliphatic imine (C=N–C) groups is 1. The topological polar surface area (TPSA) is 78.0 Å². The molecule has 24 heavy (non-hydrogen) atoms. The number of alkyl carbamates (subject to hydrolysis) is 1. The molecule has 1 unspecified atom stereocenters. The van der Waals surface area contributed by atoms with Gasteiger partial charge in [-0.3, -0.25) is 4.99 Å². The maximum absolute atomic E-state index is 11.6. The summed E-state index contributed by atoms with van der Waals surface area (Å²) in [6, 6.07) is 0. The Balaban J connectivity index is 2.27. The van der Waals surface area contributed by atoms with Crippen LogP contribution in [0.15, 0.2) is 4.99 Å². The van der Waals surface area contributed by atoms with E-state index >= 15 is 0 Å². The first-order valence-corrected chi connectivity index (χ1v) is 9.05. The first kappa shape index (κ1) is 20.5. The van der Waals surface area contributed by atoms with Gasteiger partial charge in [-0.2, -0.15) is 0 Å². The number of amides is 1. The summed E-state index contributed by atoms with van der Waals surface area (Å²) < 4.78 is 5.20. The molecule has 1 aliphatic heterocycles. The quantitative estimate of drug-likeness (QED) is 0.371. The summed E-state index contributed by atoms with van der Waals surface area (Å²) in [6.07, 6.45) is 0.827. The maximum atomic E-state index is 11.6. The van der Waals surface area contributed by atoms with Gasteiger partial charge in [0.1, 0.15) is 5.60 Å². The number of hydrogen-bond donors (Lipinski definition) is 3. The normalized spacial score (nSPS) is 19.2. The van der Waals surface area contributed by atoms with Gasteiger partial charge in [0.15, 0.2) is 5.96 Å². The molecule has 0 spiro atoms. The summed E-state index contributed by atoms with van der Waals surface area (Å²) in [7, 11) is 0. The first-order valence-electron chi connectivity index (χ1n) is 9.05. The number of carbonyl (C=O) groups excluding carboxylic acids is 1. The van der Waals surface area contributed by atoms with Crippen LogP contribution >= 0.6 is 0 Å². The molecule has 0 saturated carbocycles. The molecular formula is C17H35N5O2. The number of carbonyl (C=O) groups is 1. The minimum absolute atomic E-state index is 0.392. The Morgan fingerprint density at radius 3 is 2.50 bits per heavy atom. The molecule has 1 fully saturated rings. The van der Waals surface area contributed by atoms with Crippen molar-refractivity contribution < 1.29 is 9.53 Å². The lowest BCUT2D eigenvalue weighted by Gasteiger charge is -2.20. The first-order chi connectivity index (χ1) is 11.3. The molecule has 0 aliphatic carbocycles. The molecule has 1 heterocycles. The third kappa shape index (κ3) is 8.96. The standard InChI is InChI=1S/C17H35N5O2/c1-6-18-15(21-12-14-8-11-22(7-2)13-14)19-9-10-20-16(23)24-17(3,4)5/h14H,6-13H2,1-5H3,(H,20,23)(H2,18,19,21). The fraction of sp³-hybridized carbons (Fsp3) is 0.882. The smallest absolute Gasteiger partial charge is 0.407 e. The zero-order chi connectivity index (χ0) is 18.0. The second kappa shape index (κ2) is 10.4. The van der Waals surface area contributed by atoms with Gasteiger partial charge in [0.2, 0.25) is 0 Å². The van der Waals surface area contributed by atoms with E-state index < -0.39 is 11.7 Å². The van der Waals surface area contributed by atoms with E-state index in [1.807, 2.05) is 27.7 Å². The molecule has 1 rings (SSSR count). The highest BCUT2D eigenvalue weighted by Crippen LogP contribution is 2.15. The Morgan fingerprint density at radius 2 is 1.92 bits per heavy atom. The van der Waals surface area contributed by atoms with Crippen molar-refractivity contribution in [1.29, 1.82) is 0 Å². The maximum Gasteiger partial charge on any atom is 0.407 e. The molecule has 0 bridgehead atoms. The number of likely N-dealkylation sites (tertiary alicyclic amines) is 1. The second-order valence-electron chi connectivity index (χ2n) is 7.12. The van der Waals surface area contributed by atoms with Crippen LogP contribution in [-0.2, 0) is 4.74 Å². The highest BCUT2D eigenvalue weighted by Gasteiger charge is 2.20. The van der Waals surface area contributed by atoms with Crippen molar-refractivity contribution in [1.82, 2.24) is 20.9 Å². The lowest BCUT2D eigenvalue weighted by Crippen LogP contribution is -2.42. The SMILES string of the molecule is CCNC(=NCC1CCN(CC)C1)NCCNC(=O)OC(C)(C)C. The Kier molecular flexibility index (Phi) is 8.89. The molecule has 0 aromatic rings. The molecule has 0 radical (unpaired) electrons. The molecule has 1 amide bonds. The molecule has 1 saturated heterocycles. The second-order valence-corrected chi connectivity index (χ2v) is 7.12. The van der Waals surface area contributed by atoms with Gasteiger partial charge in [0.05, 0.1) is 0 Å². The van der Waals surface area contributed by atoms with E-state index in [4.69, 9.17) is 4.74 Å². The van der Waals surface area contributed by atoms with E-state index in [0.717, 1.165) is 32.1 Å². The summed E-state index contributed by atoms with van der Waals surface area (Å²) in [4.78, 5) is 18.7. The fourth-order valence-electron chi connectivity index (χ4n) is 2.57. The molecular weight excluding hydrogens is 306 g/mol. The van der Waals surface area contributed by atoms with Crippen molar-refractivity contribution in [3.8, 4) is 0 Å². The number of hydrogen-bond acceptors (Lipinski definition) is 4. The monoisotopic (exact) mass is 341 g/mol. The van der Waals surface area contributed by atoms with Crippen LogP contribution in [0, 0.1) is 5.92 Å². The summed E-state index contributed by atoms with van der Waals surface area (Å²) in [5.74, 6) is 1.44. The lowest BCUT2D eigenvalue weighted by atomic mass is 10.1. The van der Waals surface area contributed by atoms with Gasteiger partial charge in [0, 0.05) is 32.7 Å². The number of nitrogens with one attached hydrogen (secondary N) is 3. The Labute approximate surface area is 146 Å². The molecule has 7 heteroatoms.